The van der Waals surface area contributed by atoms with E-state index in [0.29, 0.717) is 37.0 Å². The molecule has 0 unspecified atom stereocenters. The number of methoxy groups -OCH3 is 12. The van der Waals surface area contributed by atoms with Crippen LogP contribution in [-0.2, 0) is 34.0 Å². The zero-order chi connectivity index (χ0) is 85.8. The van der Waals surface area contributed by atoms with Gasteiger partial charge in [-0.1, -0.05) is 237 Å². The maximum atomic E-state index is 7.91. The Morgan fingerprint density at radius 3 is 0.374 bits per heavy atom. The van der Waals surface area contributed by atoms with Crippen molar-refractivity contribution in [1.82, 2.24) is 0 Å². The topological polar surface area (TPSA) is 138 Å². The normalized spacial score (nSPS) is 11.5. The summed E-state index contributed by atoms with van der Waals surface area (Å²) < 4.78 is 99.4. The van der Waals surface area contributed by atoms with E-state index in [1.165, 1.54) is 0 Å². The van der Waals surface area contributed by atoms with Crippen LogP contribution in [0.15, 0.2) is 309 Å². The first-order valence-corrected chi connectivity index (χ1v) is 49.8. The lowest BCUT2D eigenvalue weighted by Crippen LogP contribution is -2.31. The molecule has 0 heterocycles. The maximum Gasteiger partial charge on any atom is 0.126 e. The SMILES string of the molecule is COc1ccccc1P(CC(CP(c1ccccc1OC)c1ccccc1OC)OCc1cc(COC(CP(c2ccccc2OC)c2ccccc2OC)CP(c2ccccc2OC)c2ccccc2OC)cc(COC(CP(c2ccccc2OC)c2ccccc2OC)CP(c2ccccc2OC)c2ccccc2OC)c1)c1ccccc1OC. The Balaban J connectivity index is 0.997. The molecule has 0 fully saturated rings. The van der Waals surface area contributed by atoms with Crippen molar-refractivity contribution in [3.8, 4) is 69.0 Å². The van der Waals surface area contributed by atoms with Gasteiger partial charge in [0.25, 0.3) is 0 Å². The summed E-state index contributed by atoms with van der Waals surface area (Å²) >= 11 is 0. The van der Waals surface area contributed by atoms with Crippen molar-refractivity contribution in [3.05, 3.63) is 326 Å². The van der Waals surface area contributed by atoms with Crippen LogP contribution in [0.3, 0.4) is 0 Å². The van der Waals surface area contributed by atoms with Gasteiger partial charge in [0.15, 0.2) is 0 Å². The van der Waals surface area contributed by atoms with Gasteiger partial charge >= 0.3 is 0 Å². The molecule has 0 aliphatic carbocycles. The van der Waals surface area contributed by atoms with E-state index in [4.69, 9.17) is 71.1 Å². The third-order valence-corrected chi connectivity index (χ3v) is 37.4. The van der Waals surface area contributed by atoms with Gasteiger partial charge in [-0.05, 0) is 137 Å². The minimum atomic E-state index is -1.27. The molecule has 13 aromatic rings. The highest BCUT2D eigenvalue weighted by atomic mass is 31.1. The molecule has 0 N–H and O–H groups in total. The third-order valence-electron chi connectivity index (χ3n) is 21.4. The standard InChI is InChI=1S/C102H108O15P6/c1-103-79-37-13-25-49-91(79)118(92-50-26-14-38-80(92)104-2)67-76(68-119(93-51-27-15-39-81(93)105-3)94-52-28-16-40-82(94)106-4)115-64-73-61-74(65-116-77(69-120(95-53-29-17-41-83(95)107-5)96-54-30-18-42-84(96)108-6)70-121(97-55-31-19-43-85(97)109-7)98-56-32-20-44-86(98)110-8)63-75(62-73)66-117-78(71-122(99-57-33-21-45-87(99)111-9)100-58-34-22-46-88(100)112-10)72-123(101-59-35-23-47-89(101)113-11)102-60-36-24-48-90(102)114-12/h13-63,76-78H,64-72H2,1-12H3. The molecule has 13 aromatic carbocycles. The molecule has 0 amide bonds. The Bertz CT molecular complexity index is 4410. The molecular weight excluding hydrogens is 1650 g/mol. The average molecular weight is 1760 g/mol. The first-order chi connectivity index (χ1) is 60.5. The fourth-order valence-electron chi connectivity index (χ4n) is 15.6. The fourth-order valence-corrected chi connectivity index (χ4v) is 32.4. The van der Waals surface area contributed by atoms with Crippen LogP contribution in [0.5, 0.6) is 69.0 Å². The molecule has 21 heteroatoms. The first-order valence-electron chi connectivity index (χ1n) is 40.7. The van der Waals surface area contributed by atoms with Gasteiger partial charge in [0.2, 0.25) is 0 Å². The summed E-state index contributed by atoms with van der Waals surface area (Å²) in [6.07, 6.45) is 2.17. The number of hydrogen-bond donors (Lipinski definition) is 0. The summed E-state index contributed by atoms with van der Waals surface area (Å²) in [5.41, 5.74) is 2.78. The monoisotopic (exact) mass is 1760 g/mol. The van der Waals surface area contributed by atoms with E-state index in [1.54, 1.807) is 85.3 Å². The van der Waals surface area contributed by atoms with E-state index in [-0.39, 0.29) is 19.8 Å². The summed E-state index contributed by atoms with van der Waals surface area (Å²) in [7, 11) is 13.3. The Morgan fingerprint density at radius 2 is 0.268 bits per heavy atom. The lowest BCUT2D eigenvalue weighted by molar-refractivity contribution is 0.0644. The molecule has 0 radical (unpaired) electrons. The Morgan fingerprint density at radius 1 is 0.163 bits per heavy atom. The van der Waals surface area contributed by atoms with Crippen LogP contribution in [0.1, 0.15) is 16.7 Å². The van der Waals surface area contributed by atoms with Crippen LogP contribution < -0.4 is 120 Å². The molecule has 0 aliphatic heterocycles. The van der Waals surface area contributed by atoms with E-state index in [9.17, 15) is 0 Å². The predicted molar refractivity (Wildman–Crippen MR) is 514 cm³/mol. The van der Waals surface area contributed by atoms with Crippen molar-refractivity contribution in [3.63, 3.8) is 0 Å². The second kappa shape index (κ2) is 46.1. The zero-order valence-corrected chi connectivity index (χ0v) is 77.2. The fraction of sp³-hybridized carbons (Fsp3) is 0.235. The van der Waals surface area contributed by atoms with Crippen molar-refractivity contribution >= 4 is 111 Å². The van der Waals surface area contributed by atoms with Gasteiger partial charge in [-0.15, -0.1) is 0 Å². The second-order valence-corrected chi connectivity index (χ2v) is 41.8. The molecule has 123 heavy (non-hydrogen) atoms. The van der Waals surface area contributed by atoms with Crippen LogP contribution in [-0.4, -0.2) is 141 Å². The largest absolute Gasteiger partial charge is 0.496 e. The van der Waals surface area contributed by atoms with E-state index in [0.717, 1.165) is 149 Å². The van der Waals surface area contributed by atoms with E-state index >= 15 is 0 Å². The van der Waals surface area contributed by atoms with Gasteiger partial charge in [-0.25, -0.2) is 0 Å². The first kappa shape index (κ1) is 90.6. The predicted octanol–water partition coefficient (Wildman–Crippen LogP) is 17.2. The number of hydrogen-bond acceptors (Lipinski definition) is 15. The lowest BCUT2D eigenvalue weighted by atomic mass is 10.1. The summed E-state index contributed by atoms with van der Waals surface area (Å²) in [6, 6.07) is 107. The quantitative estimate of drug-likeness (QED) is 0.0334. The molecule has 0 aromatic heterocycles. The van der Waals surface area contributed by atoms with Gasteiger partial charge in [0.05, 0.1) is 123 Å². The van der Waals surface area contributed by atoms with Crippen LogP contribution in [0.4, 0.5) is 0 Å². The van der Waals surface area contributed by atoms with Gasteiger partial charge < -0.3 is 71.1 Å². The number of rotatable bonds is 45. The molecule has 13 rings (SSSR count). The Labute approximate surface area is 733 Å². The van der Waals surface area contributed by atoms with E-state index in [1.807, 2.05) is 146 Å². The van der Waals surface area contributed by atoms with Gasteiger partial charge in [-0.2, -0.15) is 0 Å². The van der Waals surface area contributed by atoms with Crippen molar-refractivity contribution in [2.75, 3.05) is 122 Å². The molecule has 636 valence electrons. The molecular formula is C102H108O15P6. The average Bonchev–Trinajstić information content (AvgIpc) is 0.798. The summed E-state index contributed by atoms with van der Waals surface area (Å²) in [4.78, 5) is 0. The summed E-state index contributed by atoms with van der Waals surface area (Å²) in [6.45, 7) is 0.583. The van der Waals surface area contributed by atoms with Gasteiger partial charge in [-0.3, -0.25) is 0 Å². The zero-order valence-electron chi connectivity index (χ0n) is 71.8. The van der Waals surface area contributed by atoms with Gasteiger partial charge in [0, 0.05) is 101 Å². The highest BCUT2D eigenvalue weighted by molar-refractivity contribution is 7.76. The molecule has 0 bridgehead atoms. The summed E-state index contributed by atoms with van der Waals surface area (Å²) in [5.74, 6) is 9.42. The van der Waals surface area contributed by atoms with E-state index in [2.05, 4.69) is 164 Å². The van der Waals surface area contributed by atoms with E-state index < -0.39 is 65.8 Å². The summed E-state index contributed by atoms with van der Waals surface area (Å²) in [5, 5.41) is 12.8. The molecule has 15 nitrogen and oxygen atoms in total. The maximum absolute atomic E-state index is 7.91. The van der Waals surface area contributed by atoms with Crippen LogP contribution in [0, 0.1) is 0 Å². The second-order valence-electron chi connectivity index (χ2n) is 28.7. The lowest BCUT2D eigenvalue weighted by Gasteiger charge is -2.32. The molecule has 0 saturated heterocycles. The molecule has 0 atom stereocenters. The smallest absolute Gasteiger partial charge is 0.126 e. The van der Waals surface area contributed by atoms with Crippen LogP contribution in [0.2, 0.25) is 0 Å². The third kappa shape index (κ3) is 22.5. The Kier molecular flexibility index (Phi) is 33.9. The molecule has 0 aliphatic rings. The van der Waals surface area contributed by atoms with Crippen molar-refractivity contribution in [2.24, 2.45) is 0 Å². The highest BCUT2D eigenvalue weighted by Gasteiger charge is 2.36. The molecule has 0 saturated carbocycles. The highest BCUT2D eigenvalue weighted by Crippen LogP contribution is 2.51. The number of benzene rings is 13. The van der Waals surface area contributed by atoms with Gasteiger partial charge in [0.1, 0.15) is 69.0 Å². The van der Waals surface area contributed by atoms with Crippen molar-refractivity contribution < 1.29 is 71.1 Å². The molecule has 0 spiro atoms. The van der Waals surface area contributed by atoms with Crippen LogP contribution >= 0.6 is 47.5 Å². The van der Waals surface area contributed by atoms with Crippen molar-refractivity contribution in [1.29, 1.82) is 0 Å². The minimum absolute atomic E-state index is 0.194. The number of para-hydroxylation sites is 12. The number of ether oxygens (including phenoxy) is 15. The van der Waals surface area contributed by atoms with Crippen LogP contribution in [0.25, 0.3) is 0 Å². The van der Waals surface area contributed by atoms with Crippen molar-refractivity contribution in [2.45, 2.75) is 38.1 Å². The Hall–Kier alpha value is -10.1. The minimum Gasteiger partial charge on any atom is -0.496 e.